The minimum Gasteiger partial charge on any atom is -0.327 e. The lowest BCUT2D eigenvalue weighted by Gasteiger charge is -2.22. The summed E-state index contributed by atoms with van der Waals surface area (Å²) in [5.41, 5.74) is 7.39. The summed E-state index contributed by atoms with van der Waals surface area (Å²) < 4.78 is 2.18. The number of nitrogens with zero attached hydrogens (tertiary/aromatic N) is 2. The van der Waals surface area contributed by atoms with Crippen molar-refractivity contribution in [1.29, 1.82) is 0 Å². The minimum atomic E-state index is 0.254. The summed E-state index contributed by atoms with van der Waals surface area (Å²) in [6, 6.07) is 3.04. The summed E-state index contributed by atoms with van der Waals surface area (Å²) in [7, 11) is 0. The van der Waals surface area contributed by atoms with Crippen molar-refractivity contribution in [1.82, 2.24) is 9.78 Å². The highest BCUT2D eigenvalue weighted by molar-refractivity contribution is 5.02. The van der Waals surface area contributed by atoms with Crippen LogP contribution in [-0.4, -0.2) is 15.8 Å². The maximum absolute atomic E-state index is 6.22. The van der Waals surface area contributed by atoms with Gasteiger partial charge in [-0.1, -0.05) is 39.5 Å². The van der Waals surface area contributed by atoms with Crippen LogP contribution in [0.2, 0.25) is 0 Å². The first-order valence-electron chi connectivity index (χ1n) is 7.98. The predicted octanol–water partition coefficient (Wildman–Crippen LogP) is 3.69. The van der Waals surface area contributed by atoms with Crippen LogP contribution in [0.5, 0.6) is 0 Å². The van der Waals surface area contributed by atoms with E-state index < -0.39 is 0 Å². The molecule has 1 aromatic heterocycles. The van der Waals surface area contributed by atoms with E-state index in [-0.39, 0.29) is 6.04 Å². The van der Waals surface area contributed by atoms with Crippen molar-refractivity contribution in [3.05, 3.63) is 18.0 Å². The van der Waals surface area contributed by atoms with E-state index in [0.29, 0.717) is 6.04 Å². The van der Waals surface area contributed by atoms with Crippen molar-refractivity contribution in [2.24, 2.45) is 11.7 Å². The molecule has 1 aliphatic carbocycles. The lowest BCUT2D eigenvalue weighted by atomic mass is 9.96. The quantitative estimate of drug-likeness (QED) is 0.850. The molecule has 3 heteroatoms. The third-order valence-corrected chi connectivity index (χ3v) is 4.49. The third kappa shape index (κ3) is 4.34. The summed E-state index contributed by atoms with van der Waals surface area (Å²) in [5.74, 6) is 0.718. The Balaban J connectivity index is 1.86. The molecule has 0 radical (unpaired) electrons. The number of rotatable bonds is 6. The first kappa shape index (κ1) is 14.6. The van der Waals surface area contributed by atoms with Gasteiger partial charge in [-0.25, -0.2) is 0 Å². The van der Waals surface area contributed by atoms with Crippen molar-refractivity contribution < 1.29 is 0 Å². The molecule has 0 spiro atoms. The maximum Gasteiger partial charge on any atom is 0.0640 e. The fourth-order valence-corrected chi connectivity index (χ4v) is 3.07. The monoisotopic (exact) mass is 263 g/mol. The SMILES string of the molecule is CCC(C)CC(N)Cc1ccn(C2CCCCC2)n1. The van der Waals surface area contributed by atoms with E-state index in [1.807, 2.05) is 0 Å². The zero-order valence-electron chi connectivity index (χ0n) is 12.5. The number of aromatic nitrogens is 2. The average molecular weight is 263 g/mol. The van der Waals surface area contributed by atoms with Gasteiger partial charge in [0.15, 0.2) is 0 Å². The van der Waals surface area contributed by atoms with Gasteiger partial charge in [0.1, 0.15) is 0 Å². The third-order valence-electron chi connectivity index (χ3n) is 4.49. The molecule has 0 aliphatic heterocycles. The van der Waals surface area contributed by atoms with Gasteiger partial charge in [-0.2, -0.15) is 5.10 Å². The second-order valence-corrected chi connectivity index (χ2v) is 6.29. The van der Waals surface area contributed by atoms with Crippen molar-refractivity contribution in [2.45, 2.75) is 77.3 Å². The molecule has 1 heterocycles. The summed E-state index contributed by atoms with van der Waals surface area (Å²) in [5, 5.41) is 4.74. The van der Waals surface area contributed by atoms with Gasteiger partial charge in [-0.15, -0.1) is 0 Å². The Morgan fingerprint density at radius 1 is 1.37 bits per heavy atom. The van der Waals surface area contributed by atoms with Crippen molar-refractivity contribution >= 4 is 0 Å². The second-order valence-electron chi connectivity index (χ2n) is 6.29. The molecule has 1 saturated carbocycles. The van der Waals surface area contributed by atoms with Crippen LogP contribution in [0, 0.1) is 5.92 Å². The fourth-order valence-electron chi connectivity index (χ4n) is 3.07. The molecule has 1 fully saturated rings. The summed E-state index contributed by atoms with van der Waals surface area (Å²) in [6.45, 7) is 4.51. The molecule has 0 aromatic carbocycles. The van der Waals surface area contributed by atoms with Crippen molar-refractivity contribution in [2.75, 3.05) is 0 Å². The van der Waals surface area contributed by atoms with Crippen LogP contribution in [0.4, 0.5) is 0 Å². The van der Waals surface area contributed by atoms with Gasteiger partial charge in [-0.3, -0.25) is 4.68 Å². The molecule has 2 N–H and O–H groups in total. The highest BCUT2D eigenvalue weighted by Crippen LogP contribution is 2.27. The van der Waals surface area contributed by atoms with Crippen LogP contribution in [0.15, 0.2) is 12.3 Å². The van der Waals surface area contributed by atoms with Crippen LogP contribution >= 0.6 is 0 Å². The van der Waals surface area contributed by atoms with E-state index in [0.717, 1.165) is 18.8 Å². The summed E-state index contributed by atoms with van der Waals surface area (Å²) in [6.07, 6.45) is 12.1. The molecular formula is C16H29N3. The Morgan fingerprint density at radius 2 is 2.11 bits per heavy atom. The van der Waals surface area contributed by atoms with Gasteiger partial charge in [-0.05, 0) is 31.2 Å². The normalized spacial score (nSPS) is 20.4. The Labute approximate surface area is 117 Å². The predicted molar refractivity (Wildman–Crippen MR) is 80.1 cm³/mol. The van der Waals surface area contributed by atoms with E-state index in [2.05, 4.69) is 30.8 Å². The molecule has 1 aliphatic rings. The highest BCUT2D eigenvalue weighted by Gasteiger charge is 2.17. The first-order chi connectivity index (χ1) is 9.19. The Bertz CT molecular complexity index is 366. The van der Waals surface area contributed by atoms with Gasteiger partial charge < -0.3 is 5.73 Å². The molecule has 2 atom stereocenters. The molecule has 0 saturated heterocycles. The Morgan fingerprint density at radius 3 is 2.79 bits per heavy atom. The van der Waals surface area contributed by atoms with Crippen LogP contribution in [0.1, 0.15) is 70.5 Å². The first-order valence-corrected chi connectivity index (χ1v) is 7.98. The van der Waals surface area contributed by atoms with Gasteiger partial charge in [0.2, 0.25) is 0 Å². The van der Waals surface area contributed by atoms with Crippen LogP contribution in [-0.2, 0) is 6.42 Å². The van der Waals surface area contributed by atoms with Crippen LogP contribution < -0.4 is 5.73 Å². The molecule has 2 unspecified atom stereocenters. The van der Waals surface area contributed by atoms with E-state index in [1.54, 1.807) is 0 Å². The second kappa shape index (κ2) is 7.09. The number of nitrogens with two attached hydrogens (primary N) is 1. The molecule has 0 bridgehead atoms. The smallest absolute Gasteiger partial charge is 0.0640 e. The molecule has 3 nitrogen and oxygen atoms in total. The van der Waals surface area contributed by atoms with E-state index in [1.165, 1.54) is 44.2 Å². The molecule has 1 aromatic rings. The van der Waals surface area contributed by atoms with Gasteiger partial charge >= 0.3 is 0 Å². The van der Waals surface area contributed by atoms with Gasteiger partial charge in [0.25, 0.3) is 0 Å². The average Bonchev–Trinajstić information content (AvgIpc) is 2.88. The largest absolute Gasteiger partial charge is 0.327 e. The van der Waals surface area contributed by atoms with Crippen molar-refractivity contribution in [3.63, 3.8) is 0 Å². The highest BCUT2D eigenvalue weighted by atomic mass is 15.3. The van der Waals surface area contributed by atoms with Gasteiger partial charge in [0, 0.05) is 18.7 Å². The summed E-state index contributed by atoms with van der Waals surface area (Å²) >= 11 is 0. The molecular weight excluding hydrogens is 234 g/mol. The molecule has 108 valence electrons. The van der Waals surface area contributed by atoms with Crippen LogP contribution in [0.3, 0.4) is 0 Å². The molecule has 2 rings (SSSR count). The Kier molecular flexibility index (Phi) is 5.44. The van der Waals surface area contributed by atoms with E-state index >= 15 is 0 Å². The van der Waals surface area contributed by atoms with E-state index in [4.69, 9.17) is 10.8 Å². The zero-order chi connectivity index (χ0) is 13.7. The standard InChI is InChI=1S/C16H29N3/c1-3-13(2)11-14(17)12-15-9-10-19(18-15)16-7-5-4-6-8-16/h9-10,13-14,16H,3-8,11-12,17H2,1-2H3. The fraction of sp³-hybridized carbons (Fsp3) is 0.812. The lowest BCUT2D eigenvalue weighted by Crippen LogP contribution is -2.25. The van der Waals surface area contributed by atoms with Gasteiger partial charge in [0.05, 0.1) is 11.7 Å². The zero-order valence-corrected chi connectivity index (χ0v) is 12.5. The summed E-state index contributed by atoms with van der Waals surface area (Å²) in [4.78, 5) is 0. The minimum absolute atomic E-state index is 0.254. The maximum atomic E-state index is 6.22. The number of hydrogen-bond acceptors (Lipinski definition) is 2. The number of hydrogen-bond donors (Lipinski definition) is 1. The topological polar surface area (TPSA) is 43.8 Å². The Hall–Kier alpha value is -0.830. The molecule has 19 heavy (non-hydrogen) atoms. The lowest BCUT2D eigenvalue weighted by molar-refractivity contribution is 0.327. The van der Waals surface area contributed by atoms with Crippen molar-refractivity contribution in [3.8, 4) is 0 Å². The van der Waals surface area contributed by atoms with E-state index in [9.17, 15) is 0 Å². The molecule has 0 amide bonds. The van der Waals surface area contributed by atoms with Crippen LogP contribution in [0.25, 0.3) is 0 Å².